The third-order valence-electron chi connectivity index (χ3n) is 6.14. The van der Waals surface area contributed by atoms with E-state index in [4.69, 9.17) is 0 Å². The first-order valence-corrected chi connectivity index (χ1v) is 14.8. The summed E-state index contributed by atoms with van der Waals surface area (Å²) < 4.78 is 102. The van der Waals surface area contributed by atoms with Crippen LogP contribution in [0.2, 0.25) is 0 Å². The number of halogens is 4. The van der Waals surface area contributed by atoms with Crippen LogP contribution in [0.25, 0.3) is 0 Å². The van der Waals surface area contributed by atoms with Crippen molar-refractivity contribution in [2.45, 2.75) is 68.1 Å². The number of nitrogens with zero attached hydrogens (tertiary/aromatic N) is 8. The lowest BCUT2D eigenvalue weighted by Gasteiger charge is -2.02. The van der Waals surface area contributed by atoms with E-state index >= 15 is 0 Å². The van der Waals surface area contributed by atoms with Crippen LogP contribution in [0.3, 0.4) is 0 Å². The molecule has 1 aliphatic carbocycles. The van der Waals surface area contributed by atoms with Gasteiger partial charge in [0, 0.05) is 43.4 Å². The van der Waals surface area contributed by atoms with Crippen LogP contribution < -0.4 is 5.32 Å². The molecule has 0 saturated carbocycles. The SMILES string of the molecule is O=S(=O)(c1cnn(CC(F)F)c1)n1cc2c(n1)CCC2.O=S(=O)(c1cnn(CC(F)F)c1)n1cc2c(n1)CNC2. The monoisotopic (exact) mass is 605 g/mol. The smallest absolute Gasteiger partial charge is 0.286 e. The van der Waals surface area contributed by atoms with Gasteiger partial charge < -0.3 is 5.32 Å². The maximum atomic E-state index is 12.3. The van der Waals surface area contributed by atoms with Gasteiger partial charge in [0.1, 0.15) is 22.9 Å². The average Bonchev–Trinajstić information content (AvgIpc) is 3.68. The van der Waals surface area contributed by atoms with Gasteiger partial charge in [-0.3, -0.25) is 9.36 Å². The van der Waals surface area contributed by atoms with E-state index in [0.29, 0.717) is 18.8 Å². The van der Waals surface area contributed by atoms with Gasteiger partial charge in [-0.2, -0.15) is 45.4 Å². The maximum absolute atomic E-state index is 12.3. The fraction of sp³-hybridized carbons (Fsp3) is 0.429. The Hall–Kier alpha value is -3.58. The predicted octanol–water partition coefficient (Wildman–Crippen LogP) is 1.26. The molecule has 6 rings (SSSR count). The first kappa shape index (κ1) is 28.0. The van der Waals surface area contributed by atoms with Crippen molar-refractivity contribution < 1.29 is 34.4 Å². The number of aryl methyl sites for hydroxylation is 2. The average molecular weight is 606 g/mol. The molecule has 0 spiro atoms. The first-order valence-electron chi connectivity index (χ1n) is 11.9. The number of alkyl halides is 4. The number of hydrogen-bond acceptors (Lipinski definition) is 9. The van der Waals surface area contributed by atoms with E-state index in [1.54, 1.807) is 0 Å². The fourth-order valence-electron chi connectivity index (χ4n) is 4.22. The van der Waals surface area contributed by atoms with Crippen molar-refractivity contribution in [1.82, 2.24) is 43.2 Å². The summed E-state index contributed by atoms with van der Waals surface area (Å²) in [6.45, 7) is -0.196. The number of fused-ring (bicyclic) bond motifs is 2. The number of nitrogens with one attached hydrogen (secondary N) is 1. The second kappa shape index (κ2) is 10.8. The molecule has 0 amide bonds. The van der Waals surface area contributed by atoms with E-state index in [-0.39, 0.29) is 9.79 Å². The van der Waals surface area contributed by atoms with E-state index in [1.807, 2.05) is 0 Å². The molecule has 0 saturated heterocycles. The molecule has 1 aliphatic heterocycles. The number of rotatable bonds is 8. The molecule has 4 aromatic rings. The van der Waals surface area contributed by atoms with E-state index in [0.717, 1.165) is 78.4 Å². The largest absolute Gasteiger partial charge is 0.307 e. The molecule has 0 fully saturated rings. The maximum Gasteiger partial charge on any atom is 0.286 e. The van der Waals surface area contributed by atoms with Crippen LogP contribution in [0.15, 0.2) is 47.0 Å². The molecule has 0 bridgehead atoms. The zero-order valence-electron chi connectivity index (χ0n) is 20.6. The lowest BCUT2D eigenvalue weighted by molar-refractivity contribution is 0.121. The Morgan fingerprint density at radius 3 is 1.75 bits per heavy atom. The number of aromatic nitrogens is 8. The Balaban J connectivity index is 0.000000161. The van der Waals surface area contributed by atoms with Crippen molar-refractivity contribution in [1.29, 1.82) is 0 Å². The predicted molar refractivity (Wildman–Crippen MR) is 129 cm³/mol. The molecule has 0 aromatic carbocycles. The molecule has 0 atom stereocenters. The van der Waals surface area contributed by atoms with Gasteiger partial charge in [0.05, 0.1) is 23.8 Å². The molecular weight excluding hydrogens is 582 g/mol. The molecule has 216 valence electrons. The highest BCUT2D eigenvalue weighted by Gasteiger charge is 2.26. The molecule has 0 unspecified atom stereocenters. The lowest BCUT2D eigenvalue weighted by atomic mass is 10.3. The minimum absolute atomic E-state index is 0.140. The van der Waals surface area contributed by atoms with Gasteiger partial charge in [-0.1, -0.05) is 0 Å². The normalized spacial score (nSPS) is 14.9. The molecule has 40 heavy (non-hydrogen) atoms. The third-order valence-corrected chi connectivity index (χ3v) is 9.11. The van der Waals surface area contributed by atoms with E-state index in [2.05, 4.69) is 25.7 Å². The molecule has 19 heteroatoms. The summed E-state index contributed by atoms with van der Waals surface area (Å²) in [7, 11) is -7.74. The zero-order chi connectivity index (χ0) is 28.7. The van der Waals surface area contributed by atoms with Crippen LogP contribution in [0, 0.1) is 0 Å². The van der Waals surface area contributed by atoms with Crippen LogP contribution in [0.5, 0.6) is 0 Å². The highest BCUT2D eigenvalue weighted by Crippen LogP contribution is 2.23. The van der Waals surface area contributed by atoms with Gasteiger partial charge in [0.15, 0.2) is 0 Å². The summed E-state index contributed by atoms with van der Waals surface area (Å²) in [5, 5.41) is 18.3. The second-order valence-electron chi connectivity index (χ2n) is 8.99. The fourth-order valence-corrected chi connectivity index (χ4v) is 6.46. The highest BCUT2D eigenvalue weighted by molar-refractivity contribution is 7.90. The first-order chi connectivity index (χ1) is 18.9. The van der Waals surface area contributed by atoms with E-state index < -0.39 is 46.0 Å². The molecular formula is C21H23F4N9O4S2. The van der Waals surface area contributed by atoms with Crippen molar-refractivity contribution in [3.63, 3.8) is 0 Å². The van der Waals surface area contributed by atoms with Gasteiger partial charge in [-0.15, -0.1) is 0 Å². The topological polar surface area (TPSA) is 152 Å². The van der Waals surface area contributed by atoms with Crippen LogP contribution in [0.1, 0.15) is 28.9 Å². The second-order valence-corrected chi connectivity index (χ2v) is 12.6. The van der Waals surface area contributed by atoms with Gasteiger partial charge >= 0.3 is 0 Å². The Labute approximate surface area is 225 Å². The van der Waals surface area contributed by atoms with Gasteiger partial charge in [0.25, 0.3) is 32.9 Å². The minimum atomic E-state index is -3.88. The number of hydrogen-bond donors (Lipinski definition) is 1. The summed E-state index contributed by atoms with van der Waals surface area (Å²) in [5.41, 5.74) is 3.20. The van der Waals surface area contributed by atoms with Crippen LogP contribution in [0.4, 0.5) is 17.6 Å². The minimum Gasteiger partial charge on any atom is -0.307 e. The Bertz CT molecular complexity index is 1560. The standard InChI is InChI=1S/C11H12F2N4O2S.C10H11F2N5O2S/c12-11(13)7-16-6-9(4-14-16)20(18,19)17-5-8-2-1-3-10(8)15-17;11-10(12)6-16-5-8(2-14-16)20(18,19)17-4-7-1-13-3-9(7)15-17/h4-6,11H,1-3,7H2;2,4-5,10,13H,1,3,6H2. The van der Waals surface area contributed by atoms with Crippen molar-refractivity contribution >= 4 is 20.0 Å². The van der Waals surface area contributed by atoms with Gasteiger partial charge in [-0.25, -0.2) is 17.6 Å². The van der Waals surface area contributed by atoms with Crippen LogP contribution in [-0.2, 0) is 59.1 Å². The van der Waals surface area contributed by atoms with Crippen molar-refractivity contribution in [3.8, 4) is 0 Å². The summed E-state index contributed by atoms with van der Waals surface area (Å²) in [6, 6.07) is 0. The lowest BCUT2D eigenvalue weighted by Crippen LogP contribution is -2.15. The molecule has 4 aromatic heterocycles. The van der Waals surface area contributed by atoms with Gasteiger partial charge in [-0.05, 0) is 24.8 Å². The summed E-state index contributed by atoms with van der Waals surface area (Å²) >= 11 is 0. The highest BCUT2D eigenvalue weighted by atomic mass is 32.2. The van der Waals surface area contributed by atoms with Crippen LogP contribution in [-0.4, -0.2) is 67.6 Å². The van der Waals surface area contributed by atoms with Crippen molar-refractivity contribution in [2.24, 2.45) is 0 Å². The molecule has 5 heterocycles. The molecule has 2 aliphatic rings. The molecule has 1 N–H and O–H groups in total. The quantitative estimate of drug-likeness (QED) is 0.293. The van der Waals surface area contributed by atoms with E-state index in [9.17, 15) is 34.4 Å². The summed E-state index contributed by atoms with van der Waals surface area (Å²) in [5.74, 6) is 0. The van der Waals surface area contributed by atoms with Crippen LogP contribution >= 0.6 is 0 Å². The Kier molecular flexibility index (Phi) is 7.53. The van der Waals surface area contributed by atoms with Crippen molar-refractivity contribution in [2.75, 3.05) is 0 Å². The van der Waals surface area contributed by atoms with E-state index in [1.165, 1.54) is 12.4 Å². The summed E-state index contributed by atoms with van der Waals surface area (Å²) in [6.07, 6.45) is 4.57. The Morgan fingerprint density at radius 1 is 0.725 bits per heavy atom. The third kappa shape index (κ3) is 5.66. The summed E-state index contributed by atoms with van der Waals surface area (Å²) in [4.78, 5) is -0.299. The van der Waals surface area contributed by atoms with Crippen molar-refractivity contribution in [3.05, 3.63) is 59.7 Å². The molecule has 0 radical (unpaired) electrons. The molecule has 13 nitrogen and oxygen atoms in total. The zero-order valence-corrected chi connectivity index (χ0v) is 22.2. The van der Waals surface area contributed by atoms with Gasteiger partial charge in [0.2, 0.25) is 0 Å². The Morgan fingerprint density at radius 2 is 1.25 bits per heavy atom.